The van der Waals surface area contributed by atoms with Crippen LogP contribution in [-0.4, -0.2) is 22.5 Å². The van der Waals surface area contributed by atoms with Gasteiger partial charge in [0, 0.05) is 11.8 Å². The van der Waals surface area contributed by atoms with Crippen molar-refractivity contribution in [2.75, 3.05) is 0 Å². The van der Waals surface area contributed by atoms with Crippen LogP contribution >= 0.6 is 0 Å². The van der Waals surface area contributed by atoms with Gasteiger partial charge in [0.05, 0.1) is 14.2 Å². The highest BCUT2D eigenvalue weighted by atomic mass is 28.4. The summed E-state index contributed by atoms with van der Waals surface area (Å²) in [5.74, 6) is 7.08. The van der Waals surface area contributed by atoms with Gasteiger partial charge in [0.2, 0.25) is 0 Å². The van der Waals surface area contributed by atoms with Gasteiger partial charge in [0.25, 0.3) is 0 Å². The minimum atomic E-state index is -1.81. The Kier molecular flexibility index (Phi) is 8.07. The van der Waals surface area contributed by atoms with E-state index in [1.165, 1.54) is 0 Å². The highest BCUT2D eigenvalue weighted by Gasteiger charge is 2.41. The van der Waals surface area contributed by atoms with Crippen molar-refractivity contribution in [3.63, 3.8) is 0 Å². The normalized spacial score (nSPS) is 18.0. The van der Waals surface area contributed by atoms with Gasteiger partial charge in [-0.2, -0.15) is 0 Å². The van der Waals surface area contributed by atoms with E-state index in [0.717, 1.165) is 0 Å². The van der Waals surface area contributed by atoms with Gasteiger partial charge < -0.3 is 4.43 Å². The quantitative estimate of drug-likeness (QED) is 0.392. The van der Waals surface area contributed by atoms with Gasteiger partial charge in [0.1, 0.15) is 0 Å². The molecule has 1 nitrogen and oxygen atoms in total. The molecule has 0 fully saturated rings. The molecule has 0 N–H and O–H groups in total. The van der Waals surface area contributed by atoms with Gasteiger partial charge in [-0.3, -0.25) is 0 Å². The van der Waals surface area contributed by atoms with Gasteiger partial charge in [0.15, 0.2) is 8.32 Å². The van der Waals surface area contributed by atoms with E-state index in [4.69, 9.17) is 4.43 Å². The Labute approximate surface area is 148 Å². The molecule has 3 heteroatoms. The summed E-state index contributed by atoms with van der Waals surface area (Å²) in [5.41, 5.74) is 0. The van der Waals surface area contributed by atoms with Crippen LogP contribution in [0.5, 0.6) is 0 Å². The molecular weight excluding hydrogens is 312 g/mol. The Balaban J connectivity index is 5.60. The first-order valence-electron chi connectivity index (χ1n) is 8.92. The Hall–Kier alpha value is -0.306. The van der Waals surface area contributed by atoms with Crippen molar-refractivity contribution in [3.8, 4) is 11.8 Å². The monoisotopic (exact) mass is 352 g/mol. The van der Waals surface area contributed by atoms with Gasteiger partial charge in [-0.1, -0.05) is 64.5 Å². The van der Waals surface area contributed by atoms with Crippen molar-refractivity contribution < 1.29 is 4.43 Å². The summed E-state index contributed by atoms with van der Waals surface area (Å²) in [7, 11) is -3.04. The van der Waals surface area contributed by atoms with Crippen LogP contribution in [0.2, 0.25) is 37.8 Å². The zero-order valence-electron chi connectivity index (χ0n) is 17.7. The maximum atomic E-state index is 6.80. The molecule has 0 aromatic carbocycles. The SMILES string of the molecule is CC#C[C@H](C)[C@H](O[Si](C)(C)C(C)(C)C)[C@@H](C)/C=C(/C)[Si](C)(C)C. The van der Waals surface area contributed by atoms with Crippen LogP contribution in [0.1, 0.15) is 48.5 Å². The lowest BCUT2D eigenvalue weighted by Gasteiger charge is -2.42. The van der Waals surface area contributed by atoms with Crippen LogP contribution in [0, 0.1) is 23.7 Å². The summed E-state index contributed by atoms with van der Waals surface area (Å²) in [6.07, 6.45) is 2.63. The number of rotatable bonds is 6. The molecule has 0 aromatic heterocycles. The Bertz CT molecular complexity index is 467. The summed E-state index contributed by atoms with van der Waals surface area (Å²) >= 11 is 0. The third-order valence-corrected chi connectivity index (χ3v) is 12.3. The van der Waals surface area contributed by atoms with Crippen molar-refractivity contribution >= 4 is 16.4 Å². The van der Waals surface area contributed by atoms with Crippen molar-refractivity contribution in [2.45, 2.75) is 92.3 Å². The fourth-order valence-electron chi connectivity index (χ4n) is 2.23. The molecule has 0 rings (SSSR count). The molecule has 0 amide bonds. The van der Waals surface area contributed by atoms with Crippen LogP contribution in [0.3, 0.4) is 0 Å². The minimum absolute atomic E-state index is 0.176. The molecule has 0 aliphatic heterocycles. The summed E-state index contributed by atoms with van der Waals surface area (Å²) < 4.78 is 6.80. The molecule has 0 aliphatic rings. The molecule has 0 radical (unpaired) electrons. The minimum Gasteiger partial charge on any atom is -0.412 e. The lowest BCUT2D eigenvalue weighted by Crippen LogP contribution is -2.47. The molecular formula is C20H40OSi2. The summed E-state index contributed by atoms with van der Waals surface area (Å²) in [4.78, 5) is 0. The number of allylic oxidation sites excluding steroid dienone is 1. The lowest BCUT2D eigenvalue weighted by molar-refractivity contribution is 0.115. The Morgan fingerprint density at radius 1 is 1.04 bits per heavy atom. The molecule has 0 saturated heterocycles. The second-order valence-corrected chi connectivity index (χ2v) is 19.5. The third-order valence-electron chi connectivity index (χ3n) is 5.32. The molecule has 0 spiro atoms. The molecule has 0 bridgehead atoms. The van der Waals surface area contributed by atoms with E-state index in [-0.39, 0.29) is 17.1 Å². The van der Waals surface area contributed by atoms with Crippen LogP contribution < -0.4 is 0 Å². The fourth-order valence-corrected chi connectivity index (χ4v) is 4.45. The van der Waals surface area contributed by atoms with Crippen LogP contribution in [0.25, 0.3) is 0 Å². The molecule has 0 aromatic rings. The van der Waals surface area contributed by atoms with E-state index in [1.54, 1.807) is 5.20 Å². The van der Waals surface area contributed by atoms with Gasteiger partial charge >= 0.3 is 0 Å². The van der Waals surface area contributed by atoms with Gasteiger partial charge in [-0.05, 0) is 38.9 Å². The maximum absolute atomic E-state index is 6.80. The van der Waals surface area contributed by atoms with Crippen molar-refractivity contribution in [1.29, 1.82) is 0 Å². The zero-order valence-corrected chi connectivity index (χ0v) is 19.7. The average Bonchev–Trinajstić information content (AvgIpc) is 2.33. The highest BCUT2D eigenvalue weighted by Crippen LogP contribution is 2.39. The summed E-state index contributed by atoms with van der Waals surface area (Å²) in [5, 5.41) is 1.78. The van der Waals surface area contributed by atoms with Crippen molar-refractivity contribution in [3.05, 3.63) is 11.3 Å². The molecule has 3 atom stereocenters. The Morgan fingerprint density at radius 3 is 1.87 bits per heavy atom. The molecule has 0 unspecified atom stereocenters. The van der Waals surface area contributed by atoms with Crippen molar-refractivity contribution in [1.82, 2.24) is 0 Å². The van der Waals surface area contributed by atoms with Crippen LogP contribution in [-0.2, 0) is 4.43 Å². The summed E-state index contributed by atoms with van der Waals surface area (Å²) in [6, 6.07) is 0. The van der Waals surface area contributed by atoms with Gasteiger partial charge in [-0.25, -0.2) is 0 Å². The molecule has 0 saturated carbocycles. The Morgan fingerprint density at radius 2 is 1.52 bits per heavy atom. The van der Waals surface area contributed by atoms with Crippen LogP contribution in [0.15, 0.2) is 11.3 Å². The largest absolute Gasteiger partial charge is 0.412 e. The second-order valence-electron chi connectivity index (χ2n) is 9.48. The topological polar surface area (TPSA) is 9.23 Å². The molecule has 134 valence electrons. The van der Waals surface area contributed by atoms with Crippen LogP contribution in [0.4, 0.5) is 0 Å². The average molecular weight is 353 g/mol. The van der Waals surface area contributed by atoms with E-state index in [1.807, 2.05) is 6.92 Å². The van der Waals surface area contributed by atoms with E-state index >= 15 is 0 Å². The number of hydrogen-bond acceptors (Lipinski definition) is 1. The zero-order chi connectivity index (χ0) is 18.6. The molecule has 0 aliphatic carbocycles. The van der Waals surface area contributed by atoms with E-state index in [2.05, 4.69) is 92.2 Å². The number of hydrogen-bond donors (Lipinski definition) is 0. The fraction of sp³-hybridized carbons (Fsp3) is 0.800. The van der Waals surface area contributed by atoms with E-state index in [9.17, 15) is 0 Å². The van der Waals surface area contributed by atoms with E-state index < -0.39 is 16.4 Å². The highest BCUT2D eigenvalue weighted by molar-refractivity contribution is 6.82. The predicted molar refractivity (Wildman–Crippen MR) is 111 cm³/mol. The third kappa shape index (κ3) is 6.99. The standard InChI is InChI=1S/C20H40OSi2/c1-13-14-16(2)19(21-23(11,12)20(5,6)7)17(3)15-18(4)22(8,9)10/h15-17,19H,1-12H3/b18-15-/t16-,17-,19-/m0/s1. The first-order valence-corrected chi connectivity index (χ1v) is 15.3. The first kappa shape index (κ1) is 22.7. The smallest absolute Gasteiger partial charge is 0.192 e. The maximum Gasteiger partial charge on any atom is 0.192 e. The molecule has 23 heavy (non-hydrogen) atoms. The first-order chi connectivity index (χ1) is 10.1. The predicted octanol–water partition coefficient (Wildman–Crippen LogP) is 6.50. The second kappa shape index (κ2) is 8.18. The summed E-state index contributed by atoms with van der Waals surface area (Å²) in [6.45, 7) is 27.6. The van der Waals surface area contributed by atoms with E-state index in [0.29, 0.717) is 5.92 Å². The molecule has 0 heterocycles. The lowest BCUT2D eigenvalue weighted by atomic mass is 9.93. The van der Waals surface area contributed by atoms with Crippen molar-refractivity contribution in [2.24, 2.45) is 11.8 Å². The van der Waals surface area contributed by atoms with Gasteiger partial charge in [-0.15, -0.1) is 5.92 Å².